The van der Waals surface area contributed by atoms with Gasteiger partial charge in [0.1, 0.15) is 6.10 Å². The molecule has 0 aromatic heterocycles. The maximum absolute atomic E-state index is 11.2. The van der Waals surface area contributed by atoms with Crippen LogP contribution >= 0.6 is 0 Å². The number of nitrogens with one attached hydrogen (secondary N) is 1. The number of ether oxygens (including phenoxy) is 1. The molecule has 15 heavy (non-hydrogen) atoms. The van der Waals surface area contributed by atoms with Gasteiger partial charge in [-0.25, -0.2) is 4.79 Å². The predicted octanol–water partition coefficient (Wildman–Crippen LogP) is 2.66. The van der Waals surface area contributed by atoms with E-state index < -0.39 is 6.09 Å². The zero-order chi connectivity index (χ0) is 11.1. The van der Waals surface area contributed by atoms with Crippen LogP contribution in [0.15, 0.2) is 43.0 Å². The molecule has 0 bridgehead atoms. The largest absolute Gasteiger partial charge is 0.442 e. The predicted molar refractivity (Wildman–Crippen MR) is 59.5 cm³/mol. The Labute approximate surface area is 89.8 Å². The smallest absolute Gasteiger partial charge is 0.407 e. The number of hydrogen-bond acceptors (Lipinski definition) is 2. The van der Waals surface area contributed by atoms with E-state index in [4.69, 9.17) is 4.74 Å². The molecule has 0 heterocycles. The highest BCUT2D eigenvalue weighted by Crippen LogP contribution is 2.15. The monoisotopic (exact) mass is 205 g/mol. The average Bonchev–Trinajstić information content (AvgIpc) is 2.27. The van der Waals surface area contributed by atoms with Crippen LogP contribution in [-0.2, 0) is 4.74 Å². The zero-order valence-electron chi connectivity index (χ0n) is 8.77. The van der Waals surface area contributed by atoms with E-state index in [-0.39, 0.29) is 6.10 Å². The number of rotatable bonds is 4. The van der Waals surface area contributed by atoms with Crippen molar-refractivity contribution in [2.45, 2.75) is 13.0 Å². The van der Waals surface area contributed by atoms with Crippen LogP contribution in [0, 0.1) is 0 Å². The molecule has 0 spiro atoms. The van der Waals surface area contributed by atoms with E-state index in [9.17, 15) is 4.79 Å². The van der Waals surface area contributed by atoms with E-state index in [0.29, 0.717) is 6.54 Å². The quantitative estimate of drug-likeness (QED) is 0.767. The lowest BCUT2D eigenvalue weighted by molar-refractivity contribution is 0.108. The van der Waals surface area contributed by atoms with Gasteiger partial charge in [-0.1, -0.05) is 36.4 Å². The molecule has 0 saturated heterocycles. The van der Waals surface area contributed by atoms with Crippen molar-refractivity contribution in [3.05, 3.63) is 48.6 Å². The Bertz CT molecular complexity index is 322. The van der Waals surface area contributed by atoms with Crippen molar-refractivity contribution >= 4 is 6.09 Å². The summed E-state index contributed by atoms with van der Waals surface area (Å²) in [4.78, 5) is 11.2. The minimum atomic E-state index is -0.425. The summed E-state index contributed by atoms with van der Waals surface area (Å²) in [6, 6.07) is 9.60. The van der Waals surface area contributed by atoms with Gasteiger partial charge in [0.25, 0.3) is 0 Å². The van der Waals surface area contributed by atoms with Crippen LogP contribution in [0.4, 0.5) is 4.79 Å². The van der Waals surface area contributed by atoms with Gasteiger partial charge in [0.05, 0.1) is 0 Å². The van der Waals surface area contributed by atoms with E-state index in [1.165, 1.54) is 0 Å². The second-order valence-corrected chi connectivity index (χ2v) is 3.13. The summed E-state index contributed by atoms with van der Waals surface area (Å²) < 4.78 is 5.14. The molecule has 1 unspecified atom stereocenters. The lowest BCUT2D eigenvalue weighted by Crippen LogP contribution is -2.25. The summed E-state index contributed by atoms with van der Waals surface area (Å²) in [5.74, 6) is 0. The van der Waals surface area contributed by atoms with Gasteiger partial charge < -0.3 is 10.1 Å². The van der Waals surface area contributed by atoms with Gasteiger partial charge in [-0.3, -0.25) is 0 Å². The van der Waals surface area contributed by atoms with E-state index in [1.807, 2.05) is 37.3 Å². The highest BCUT2D eigenvalue weighted by molar-refractivity contribution is 5.67. The van der Waals surface area contributed by atoms with E-state index in [2.05, 4.69) is 11.9 Å². The molecule has 0 saturated carbocycles. The number of alkyl carbamates (subject to hydrolysis) is 1. The second kappa shape index (κ2) is 5.86. The number of amides is 1. The molecule has 80 valence electrons. The normalized spacial score (nSPS) is 11.5. The van der Waals surface area contributed by atoms with Crippen LogP contribution in [0.1, 0.15) is 18.6 Å². The first-order chi connectivity index (χ1) is 7.24. The van der Waals surface area contributed by atoms with Gasteiger partial charge in [0.2, 0.25) is 0 Å². The number of benzene rings is 1. The average molecular weight is 205 g/mol. The van der Waals surface area contributed by atoms with Crippen molar-refractivity contribution < 1.29 is 9.53 Å². The van der Waals surface area contributed by atoms with Gasteiger partial charge in [-0.2, -0.15) is 0 Å². The molecule has 0 radical (unpaired) electrons. The molecule has 1 N–H and O–H groups in total. The molecular weight excluding hydrogens is 190 g/mol. The fourth-order valence-corrected chi connectivity index (χ4v) is 1.15. The maximum atomic E-state index is 11.2. The molecular formula is C12H15NO2. The fraction of sp³-hybridized carbons (Fsp3) is 0.250. The Morgan fingerprint density at radius 2 is 2.20 bits per heavy atom. The summed E-state index contributed by atoms with van der Waals surface area (Å²) in [5.41, 5.74) is 0.978. The molecule has 1 aromatic rings. The lowest BCUT2D eigenvalue weighted by atomic mass is 10.1. The molecule has 0 fully saturated rings. The van der Waals surface area contributed by atoms with Crippen LogP contribution in [0.3, 0.4) is 0 Å². The molecule has 1 atom stereocenters. The molecule has 1 rings (SSSR count). The minimum Gasteiger partial charge on any atom is -0.442 e. The number of carbonyl (C=O) groups is 1. The molecule has 0 aliphatic rings. The van der Waals surface area contributed by atoms with E-state index >= 15 is 0 Å². The highest BCUT2D eigenvalue weighted by Gasteiger charge is 2.09. The summed E-state index contributed by atoms with van der Waals surface area (Å²) in [6.45, 7) is 5.75. The first kappa shape index (κ1) is 11.3. The zero-order valence-corrected chi connectivity index (χ0v) is 8.77. The van der Waals surface area contributed by atoms with E-state index in [0.717, 1.165) is 5.56 Å². The standard InChI is InChI=1S/C12H15NO2/c1-3-9-13-12(14)15-10(2)11-7-5-4-6-8-11/h3-8,10H,1,9H2,2H3,(H,13,14). The SMILES string of the molecule is C=CCNC(=O)OC(C)c1ccccc1. The fourth-order valence-electron chi connectivity index (χ4n) is 1.15. The topological polar surface area (TPSA) is 38.3 Å². The summed E-state index contributed by atoms with van der Waals surface area (Å²) in [5, 5.41) is 2.55. The van der Waals surface area contributed by atoms with Crippen LogP contribution in [-0.4, -0.2) is 12.6 Å². The van der Waals surface area contributed by atoms with Crippen LogP contribution in [0.25, 0.3) is 0 Å². The van der Waals surface area contributed by atoms with Crippen molar-refractivity contribution in [1.82, 2.24) is 5.32 Å². The summed E-state index contributed by atoms with van der Waals surface area (Å²) >= 11 is 0. The van der Waals surface area contributed by atoms with Crippen molar-refractivity contribution in [3.63, 3.8) is 0 Å². The molecule has 3 heteroatoms. The first-order valence-electron chi connectivity index (χ1n) is 4.84. The third-order valence-electron chi connectivity index (χ3n) is 1.94. The Morgan fingerprint density at radius 3 is 2.80 bits per heavy atom. The highest BCUT2D eigenvalue weighted by atomic mass is 16.6. The second-order valence-electron chi connectivity index (χ2n) is 3.13. The molecule has 1 amide bonds. The summed E-state index contributed by atoms with van der Waals surface area (Å²) in [6.07, 6.45) is 0.941. The van der Waals surface area contributed by atoms with Crippen LogP contribution < -0.4 is 5.32 Å². The Hall–Kier alpha value is -1.77. The maximum Gasteiger partial charge on any atom is 0.407 e. The minimum absolute atomic E-state index is 0.240. The van der Waals surface area contributed by atoms with Crippen molar-refractivity contribution in [3.8, 4) is 0 Å². The van der Waals surface area contributed by atoms with Crippen molar-refractivity contribution in [2.75, 3.05) is 6.54 Å². The van der Waals surface area contributed by atoms with Gasteiger partial charge in [0.15, 0.2) is 0 Å². The molecule has 0 aliphatic heterocycles. The third-order valence-corrected chi connectivity index (χ3v) is 1.94. The molecule has 0 aliphatic carbocycles. The first-order valence-corrected chi connectivity index (χ1v) is 4.84. The Kier molecular flexibility index (Phi) is 4.41. The third kappa shape index (κ3) is 3.85. The lowest BCUT2D eigenvalue weighted by Gasteiger charge is -2.13. The van der Waals surface area contributed by atoms with Gasteiger partial charge >= 0.3 is 6.09 Å². The van der Waals surface area contributed by atoms with Crippen molar-refractivity contribution in [2.24, 2.45) is 0 Å². The van der Waals surface area contributed by atoms with Crippen LogP contribution in [0.2, 0.25) is 0 Å². The van der Waals surface area contributed by atoms with Crippen molar-refractivity contribution in [1.29, 1.82) is 0 Å². The van der Waals surface area contributed by atoms with Gasteiger partial charge in [-0.15, -0.1) is 6.58 Å². The van der Waals surface area contributed by atoms with Gasteiger partial charge in [-0.05, 0) is 12.5 Å². The molecule has 1 aromatic carbocycles. The van der Waals surface area contributed by atoms with Gasteiger partial charge in [0, 0.05) is 6.54 Å². The number of carbonyl (C=O) groups excluding carboxylic acids is 1. The Morgan fingerprint density at radius 1 is 1.53 bits per heavy atom. The van der Waals surface area contributed by atoms with Crippen LogP contribution in [0.5, 0.6) is 0 Å². The van der Waals surface area contributed by atoms with E-state index in [1.54, 1.807) is 6.08 Å². The Balaban J connectivity index is 2.45. The molecule has 3 nitrogen and oxygen atoms in total. The number of hydrogen-bond donors (Lipinski definition) is 1. The summed E-state index contributed by atoms with van der Waals surface area (Å²) in [7, 11) is 0.